The summed E-state index contributed by atoms with van der Waals surface area (Å²) < 4.78 is 21.7. The first kappa shape index (κ1) is 18.8. The minimum absolute atomic E-state index is 0.330. The average molecular weight is 276 g/mol. The minimum Gasteiger partial charge on any atom is -0.381 e. The number of hydrogen-bond acceptors (Lipinski definition) is 4. The lowest BCUT2D eigenvalue weighted by atomic mass is 10.2. The number of methoxy groups -OCH3 is 2. The molecule has 0 heterocycles. The van der Waals surface area contributed by atoms with Gasteiger partial charge in [-0.05, 0) is 32.1 Å². The second kappa shape index (κ2) is 14.3. The third kappa shape index (κ3) is 11.4. The zero-order chi connectivity index (χ0) is 14.3. The minimum atomic E-state index is 0.330. The molecule has 0 aromatic heterocycles. The monoisotopic (exact) mass is 276 g/mol. The molecule has 0 radical (unpaired) electrons. The lowest BCUT2D eigenvalue weighted by Gasteiger charge is -2.13. The zero-order valence-corrected chi connectivity index (χ0v) is 13.2. The van der Waals surface area contributed by atoms with E-state index in [9.17, 15) is 0 Å². The van der Waals surface area contributed by atoms with Crippen LogP contribution in [-0.2, 0) is 18.9 Å². The smallest absolute Gasteiger partial charge is 0.0590 e. The van der Waals surface area contributed by atoms with Crippen molar-refractivity contribution < 1.29 is 18.9 Å². The predicted molar refractivity (Wildman–Crippen MR) is 77.7 cm³/mol. The molecule has 0 aromatic carbocycles. The van der Waals surface area contributed by atoms with E-state index in [1.807, 2.05) is 0 Å². The first-order valence-electron chi connectivity index (χ1n) is 7.49. The van der Waals surface area contributed by atoms with Gasteiger partial charge in [0.2, 0.25) is 0 Å². The summed E-state index contributed by atoms with van der Waals surface area (Å²) >= 11 is 0. The van der Waals surface area contributed by atoms with Crippen LogP contribution < -0.4 is 0 Å². The maximum Gasteiger partial charge on any atom is 0.0590 e. The van der Waals surface area contributed by atoms with E-state index in [2.05, 4.69) is 13.8 Å². The normalized spacial score (nSPS) is 14.5. The van der Waals surface area contributed by atoms with Crippen molar-refractivity contribution in [1.29, 1.82) is 0 Å². The van der Waals surface area contributed by atoms with E-state index in [-0.39, 0.29) is 0 Å². The molecule has 19 heavy (non-hydrogen) atoms. The Morgan fingerprint density at radius 3 is 1.42 bits per heavy atom. The highest BCUT2D eigenvalue weighted by Gasteiger charge is 2.04. The molecule has 0 aromatic rings. The summed E-state index contributed by atoms with van der Waals surface area (Å²) in [5.41, 5.74) is 0. The van der Waals surface area contributed by atoms with Crippen LogP contribution in [0.15, 0.2) is 0 Å². The molecule has 0 N–H and O–H groups in total. The predicted octanol–water partition coefficient (Wildman–Crippen LogP) is 3.04. The molecule has 2 atom stereocenters. The van der Waals surface area contributed by atoms with Gasteiger partial charge in [-0.15, -0.1) is 0 Å². The quantitative estimate of drug-likeness (QED) is 0.457. The molecule has 0 aliphatic rings. The number of hydrogen-bond donors (Lipinski definition) is 0. The van der Waals surface area contributed by atoms with E-state index in [4.69, 9.17) is 18.9 Å². The summed E-state index contributed by atoms with van der Waals surface area (Å²) in [4.78, 5) is 0. The van der Waals surface area contributed by atoms with Crippen molar-refractivity contribution >= 4 is 0 Å². The molecule has 0 fully saturated rings. The third-order valence-corrected chi connectivity index (χ3v) is 3.32. The van der Waals surface area contributed by atoms with Crippen LogP contribution in [0, 0.1) is 0 Å². The Labute approximate surface area is 118 Å². The van der Waals surface area contributed by atoms with Crippen LogP contribution in [0.25, 0.3) is 0 Å². The van der Waals surface area contributed by atoms with Crippen LogP contribution in [0.2, 0.25) is 0 Å². The van der Waals surface area contributed by atoms with Crippen LogP contribution in [0.5, 0.6) is 0 Å². The van der Waals surface area contributed by atoms with E-state index in [1.165, 1.54) is 0 Å². The van der Waals surface area contributed by atoms with Crippen LogP contribution in [0.4, 0.5) is 0 Å². The van der Waals surface area contributed by atoms with Gasteiger partial charge >= 0.3 is 0 Å². The molecule has 0 bridgehead atoms. The van der Waals surface area contributed by atoms with Crippen LogP contribution in [0.3, 0.4) is 0 Å². The Hall–Kier alpha value is -0.160. The van der Waals surface area contributed by atoms with Crippen molar-refractivity contribution in [2.75, 3.05) is 40.6 Å². The summed E-state index contributed by atoms with van der Waals surface area (Å²) in [6.45, 7) is 7.34. The Morgan fingerprint density at radius 1 is 0.684 bits per heavy atom. The lowest BCUT2D eigenvalue weighted by molar-refractivity contribution is 0.0298. The van der Waals surface area contributed by atoms with Crippen LogP contribution >= 0.6 is 0 Å². The summed E-state index contributed by atoms with van der Waals surface area (Å²) in [5, 5.41) is 0. The molecule has 0 aliphatic heterocycles. The van der Waals surface area contributed by atoms with E-state index in [0.29, 0.717) is 12.2 Å². The third-order valence-electron chi connectivity index (χ3n) is 3.32. The van der Waals surface area contributed by atoms with Crippen LogP contribution in [0.1, 0.15) is 46.0 Å². The van der Waals surface area contributed by atoms with Gasteiger partial charge in [-0.25, -0.2) is 0 Å². The molecule has 0 spiro atoms. The fourth-order valence-corrected chi connectivity index (χ4v) is 1.87. The Bertz CT molecular complexity index is 150. The Balaban J connectivity index is 3.19. The lowest BCUT2D eigenvalue weighted by Crippen LogP contribution is -2.14. The fourth-order valence-electron chi connectivity index (χ4n) is 1.87. The summed E-state index contributed by atoms with van der Waals surface area (Å²) in [6, 6.07) is 0. The molecule has 4 heteroatoms. The van der Waals surface area contributed by atoms with E-state index in [0.717, 1.165) is 58.5 Å². The zero-order valence-electron chi connectivity index (χ0n) is 13.2. The van der Waals surface area contributed by atoms with E-state index >= 15 is 0 Å². The molecule has 0 saturated carbocycles. The summed E-state index contributed by atoms with van der Waals surface area (Å²) in [6.07, 6.45) is 5.64. The van der Waals surface area contributed by atoms with Gasteiger partial charge in [-0.2, -0.15) is 0 Å². The van der Waals surface area contributed by atoms with Gasteiger partial charge in [0, 0.05) is 40.6 Å². The van der Waals surface area contributed by atoms with Gasteiger partial charge in [0.1, 0.15) is 0 Å². The molecule has 116 valence electrons. The molecule has 4 nitrogen and oxygen atoms in total. The molecule has 0 rings (SSSR count). The molecular formula is C15H32O4. The van der Waals surface area contributed by atoms with E-state index in [1.54, 1.807) is 14.2 Å². The van der Waals surface area contributed by atoms with Crippen molar-refractivity contribution in [1.82, 2.24) is 0 Å². The molecule has 0 saturated heterocycles. The standard InChI is InChI=1S/C15H32O4/c1-5-14(16-3)8-12-18-10-7-11-19-13-9-15(6-2)17-4/h14-15H,5-13H2,1-4H3. The molecule has 2 unspecified atom stereocenters. The Morgan fingerprint density at radius 2 is 1.11 bits per heavy atom. The SMILES string of the molecule is CCC(CCOCCCOCCC(CC)OC)OC. The first-order chi connectivity index (χ1) is 9.28. The average Bonchev–Trinajstić information content (AvgIpc) is 2.45. The highest BCUT2D eigenvalue weighted by Crippen LogP contribution is 2.03. The topological polar surface area (TPSA) is 36.9 Å². The summed E-state index contributed by atoms with van der Waals surface area (Å²) in [5.74, 6) is 0. The van der Waals surface area contributed by atoms with Gasteiger partial charge in [0.15, 0.2) is 0 Å². The van der Waals surface area contributed by atoms with Crippen molar-refractivity contribution in [2.24, 2.45) is 0 Å². The van der Waals surface area contributed by atoms with Gasteiger partial charge in [0.25, 0.3) is 0 Å². The maximum absolute atomic E-state index is 5.55. The van der Waals surface area contributed by atoms with Gasteiger partial charge in [-0.3, -0.25) is 0 Å². The van der Waals surface area contributed by atoms with Gasteiger partial charge < -0.3 is 18.9 Å². The highest BCUT2D eigenvalue weighted by atomic mass is 16.5. The molecular weight excluding hydrogens is 244 g/mol. The number of ether oxygens (including phenoxy) is 4. The second-order valence-electron chi connectivity index (χ2n) is 4.69. The second-order valence-corrected chi connectivity index (χ2v) is 4.69. The largest absolute Gasteiger partial charge is 0.381 e. The van der Waals surface area contributed by atoms with Crippen molar-refractivity contribution in [3.63, 3.8) is 0 Å². The fraction of sp³-hybridized carbons (Fsp3) is 1.00. The molecule has 0 aliphatic carbocycles. The molecule has 0 amide bonds. The van der Waals surface area contributed by atoms with Crippen LogP contribution in [-0.4, -0.2) is 52.9 Å². The first-order valence-corrected chi connectivity index (χ1v) is 7.49. The van der Waals surface area contributed by atoms with Crippen molar-refractivity contribution in [3.05, 3.63) is 0 Å². The van der Waals surface area contributed by atoms with E-state index < -0.39 is 0 Å². The summed E-state index contributed by atoms with van der Waals surface area (Å²) in [7, 11) is 3.51. The number of rotatable bonds is 14. The highest BCUT2D eigenvalue weighted by molar-refractivity contribution is 4.54. The van der Waals surface area contributed by atoms with Gasteiger partial charge in [0.05, 0.1) is 12.2 Å². The van der Waals surface area contributed by atoms with Crippen molar-refractivity contribution in [2.45, 2.75) is 58.2 Å². The Kier molecular flexibility index (Phi) is 14.1. The van der Waals surface area contributed by atoms with Crippen molar-refractivity contribution in [3.8, 4) is 0 Å². The maximum atomic E-state index is 5.55. The van der Waals surface area contributed by atoms with Gasteiger partial charge in [-0.1, -0.05) is 13.8 Å².